The van der Waals surface area contributed by atoms with Crippen LogP contribution >= 0.6 is 11.8 Å². The molecule has 0 fully saturated rings. The third-order valence-corrected chi connectivity index (χ3v) is 5.29. The Kier molecular flexibility index (Phi) is 5.21. The molecule has 30 heavy (non-hydrogen) atoms. The first kappa shape index (κ1) is 20.0. The number of nitrogens with zero attached hydrogens (tertiary/aromatic N) is 4. The van der Waals surface area contributed by atoms with Crippen molar-refractivity contribution >= 4 is 22.7 Å². The number of ketones is 1. The number of hydrogen-bond acceptors (Lipinski definition) is 8. The summed E-state index contributed by atoms with van der Waals surface area (Å²) >= 11 is 1.28. The SMILES string of the molecule is Cc1nnc(-c2ccc(C(=O)Cc3ccc(F)c([C@]4(C)C=CSC(N)=N4)c3)nc2)o1. The van der Waals surface area contributed by atoms with E-state index in [1.165, 1.54) is 24.0 Å². The van der Waals surface area contributed by atoms with Gasteiger partial charge >= 0.3 is 0 Å². The van der Waals surface area contributed by atoms with Crippen molar-refractivity contribution in [3.05, 3.63) is 76.5 Å². The third kappa shape index (κ3) is 4.02. The molecule has 0 amide bonds. The Morgan fingerprint density at radius 3 is 2.77 bits per heavy atom. The molecule has 1 aliphatic rings. The summed E-state index contributed by atoms with van der Waals surface area (Å²) in [6.45, 7) is 3.47. The van der Waals surface area contributed by atoms with Gasteiger partial charge in [0.25, 0.3) is 0 Å². The van der Waals surface area contributed by atoms with E-state index in [0.29, 0.717) is 39.3 Å². The van der Waals surface area contributed by atoms with Gasteiger partial charge in [0.2, 0.25) is 11.8 Å². The van der Waals surface area contributed by atoms with Crippen molar-refractivity contribution in [2.45, 2.75) is 25.8 Å². The molecule has 1 aromatic carbocycles. The molecule has 9 heteroatoms. The monoisotopic (exact) mass is 423 g/mol. The molecule has 3 aromatic rings. The quantitative estimate of drug-likeness (QED) is 0.622. The lowest BCUT2D eigenvalue weighted by molar-refractivity contribution is 0.0988. The number of carbonyl (C=O) groups is 1. The Bertz CT molecular complexity index is 1170. The lowest BCUT2D eigenvalue weighted by Gasteiger charge is -2.26. The fourth-order valence-electron chi connectivity index (χ4n) is 3.12. The van der Waals surface area contributed by atoms with E-state index in [-0.39, 0.29) is 12.2 Å². The molecule has 1 aliphatic heterocycles. The Hall–Kier alpha value is -3.33. The zero-order valence-electron chi connectivity index (χ0n) is 16.3. The molecule has 0 bridgehead atoms. The van der Waals surface area contributed by atoms with Gasteiger partial charge < -0.3 is 10.2 Å². The molecule has 4 rings (SSSR count). The van der Waals surface area contributed by atoms with Crippen LogP contribution in [0.2, 0.25) is 0 Å². The van der Waals surface area contributed by atoms with Crippen molar-refractivity contribution in [1.82, 2.24) is 15.2 Å². The Labute approximate surface area is 176 Å². The molecule has 0 saturated heterocycles. The second-order valence-electron chi connectivity index (χ2n) is 6.99. The number of Topliss-reactive ketones (excluding diaryl/α,β-unsaturated/α-hetero) is 1. The predicted octanol–water partition coefficient (Wildman–Crippen LogP) is 3.79. The molecule has 0 aliphatic carbocycles. The van der Waals surface area contributed by atoms with E-state index in [9.17, 15) is 9.18 Å². The van der Waals surface area contributed by atoms with Crippen LogP contribution in [0.25, 0.3) is 11.5 Å². The molecule has 7 nitrogen and oxygen atoms in total. The standard InChI is InChI=1S/C21H18FN5O2S/c1-12-26-27-19(29-12)14-4-6-17(24-11-14)18(28)10-13-3-5-16(22)15(9-13)21(2)7-8-30-20(23)25-21/h3-9,11H,10H2,1-2H3,(H2,23,25)/t21-/m0/s1. The van der Waals surface area contributed by atoms with E-state index >= 15 is 0 Å². The molecule has 3 heterocycles. The highest BCUT2D eigenvalue weighted by Crippen LogP contribution is 2.34. The largest absolute Gasteiger partial charge is 0.421 e. The average Bonchev–Trinajstić information content (AvgIpc) is 3.15. The number of benzene rings is 1. The lowest BCUT2D eigenvalue weighted by Crippen LogP contribution is -2.25. The summed E-state index contributed by atoms with van der Waals surface area (Å²) in [5.41, 5.74) is 6.84. The van der Waals surface area contributed by atoms with Crippen molar-refractivity contribution in [3.63, 3.8) is 0 Å². The van der Waals surface area contributed by atoms with E-state index in [2.05, 4.69) is 20.2 Å². The first-order valence-electron chi connectivity index (χ1n) is 9.12. The van der Waals surface area contributed by atoms with Gasteiger partial charge in [0.05, 0.1) is 5.56 Å². The number of nitrogens with two attached hydrogens (primary N) is 1. The van der Waals surface area contributed by atoms with Crippen molar-refractivity contribution in [2.75, 3.05) is 0 Å². The number of carbonyl (C=O) groups excluding carboxylic acids is 1. The van der Waals surface area contributed by atoms with Gasteiger partial charge in [-0.2, -0.15) is 0 Å². The van der Waals surface area contributed by atoms with Gasteiger partial charge in [0.15, 0.2) is 11.0 Å². The van der Waals surface area contributed by atoms with Crippen LogP contribution in [0.3, 0.4) is 0 Å². The Morgan fingerprint density at radius 2 is 2.10 bits per heavy atom. The van der Waals surface area contributed by atoms with E-state index in [4.69, 9.17) is 10.2 Å². The number of hydrogen-bond donors (Lipinski definition) is 1. The van der Waals surface area contributed by atoms with Gasteiger partial charge in [-0.1, -0.05) is 17.8 Å². The van der Waals surface area contributed by atoms with Gasteiger partial charge in [-0.05, 0) is 48.2 Å². The summed E-state index contributed by atoms with van der Waals surface area (Å²) in [5.74, 6) is 0.195. The molecular formula is C21H18FN5O2S. The highest BCUT2D eigenvalue weighted by molar-refractivity contribution is 8.16. The molecular weight excluding hydrogens is 405 g/mol. The van der Waals surface area contributed by atoms with Crippen molar-refractivity contribution in [2.24, 2.45) is 10.7 Å². The minimum Gasteiger partial charge on any atom is -0.421 e. The van der Waals surface area contributed by atoms with Crippen LogP contribution in [-0.2, 0) is 12.0 Å². The zero-order chi connectivity index (χ0) is 21.3. The van der Waals surface area contributed by atoms with Gasteiger partial charge in [-0.3, -0.25) is 9.78 Å². The summed E-state index contributed by atoms with van der Waals surface area (Å²) in [7, 11) is 0. The number of thioether (sulfide) groups is 1. The van der Waals surface area contributed by atoms with Crippen LogP contribution in [-0.4, -0.2) is 26.1 Å². The minimum atomic E-state index is -0.916. The summed E-state index contributed by atoms with van der Waals surface area (Å²) in [6, 6.07) is 7.89. The molecule has 0 radical (unpaired) electrons. The van der Waals surface area contributed by atoms with Crippen LogP contribution in [0.15, 0.2) is 57.4 Å². The lowest BCUT2D eigenvalue weighted by atomic mass is 9.90. The fraction of sp³-hybridized carbons (Fsp3) is 0.190. The fourth-order valence-corrected chi connectivity index (χ4v) is 3.84. The van der Waals surface area contributed by atoms with Gasteiger partial charge in [-0.15, -0.1) is 10.2 Å². The molecule has 1 atom stereocenters. The van der Waals surface area contributed by atoms with Gasteiger partial charge in [0, 0.05) is 25.1 Å². The van der Waals surface area contributed by atoms with Crippen LogP contribution in [0, 0.1) is 12.7 Å². The molecule has 0 saturated carbocycles. The third-order valence-electron chi connectivity index (χ3n) is 4.69. The van der Waals surface area contributed by atoms with Crippen molar-refractivity contribution in [3.8, 4) is 11.5 Å². The van der Waals surface area contributed by atoms with E-state index < -0.39 is 11.4 Å². The van der Waals surface area contributed by atoms with E-state index in [1.807, 2.05) is 0 Å². The maximum absolute atomic E-state index is 14.5. The number of pyridine rings is 1. The number of rotatable bonds is 5. The number of halogens is 1. The molecule has 2 aromatic heterocycles. The Balaban J connectivity index is 1.55. The maximum atomic E-state index is 14.5. The topological polar surface area (TPSA) is 107 Å². The second kappa shape index (κ2) is 7.83. The Morgan fingerprint density at radius 1 is 1.27 bits per heavy atom. The van der Waals surface area contributed by atoms with E-state index in [0.717, 1.165) is 0 Å². The summed E-state index contributed by atoms with van der Waals surface area (Å²) in [5, 5.41) is 9.85. The molecule has 0 unspecified atom stereocenters. The minimum absolute atomic E-state index is 0.0764. The van der Waals surface area contributed by atoms with Crippen molar-refractivity contribution < 1.29 is 13.6 Å². The highest BCUT2D eigenvalue weighted by Gasteiger charge is 2.29. The highest BCUT2D eigenvalue weighted by atomic mass is 32.2. The number of aromatic nitrogens is 3. The first-order chi connectivity index (χ1) is 14.3. The molecule has 2 N–H and O–H groups in total. The smallest absolute Gasteiger partial charge is 0.249 e. The number of aryl methyl sites for hydroxylation is 1. The number of aliphatic imine (C=N–C) groups is 1. The van der Waals surface area contributed by atoms with E-state index in [1.54, 1.807) is 49.6 Å². The average molecular weight is 423 g/mol. The normalized spacial score (nSPS) is 18.3. The van der Waals surface area contributed by atoms with Crippen LogP contribution in [0.1, 0.15) is 34.4 Å². The number of amidine groups is 1. The second-order valence-corrected chi connectivity index (χ2v) is 7.92. The van der Waals surface area contributed by atoms with Crippen LogP contribution in [0.4, 0.5) is 4.39 Å². The maximum Gasteiger partial charge on any atom is 0.249 e. The molecule has 0 spiro atoms. The van der Waals surface area contributed by atoms with Gasteiger partial charge in [0.1, 0.15) is 17.1 Å². The summed E-state index contributed by atoms with van der Waals surface area (Å²) in [4.78, 5) is 21.3. The predicted molar refractivity (Wildman–Crippen MR) is 112 cm³/mol. The molecule has 152 valence electrons. The van der Waals surface area contributed by atoms with Gasteiger partial charge in [-0.25, -0.2) is 9.38 Å². The summed E-state index contributed by atoms with van der Waals surface area (Å²) in [6.07, 6.45) is 3.38. The van der Waals surface area contributed by atoms with Crippen LogP contribution in [0.5, 0.6) is 0 Å². The zero-order valence-corrected chi connectivity index (χ0v) is 17.1. The van der Waals surface area contributed by atoms with Crippen LogP contribution < -0.4 is 5.73 Å². The van der Waals surface area contributed by atoms with Crippen molar-refractivity contribution in [1.29, 1.82) is 0 Å². The summed E-state index contributed by atoms with van der Waals surface area (Å²) < 4.78 is 19.9. The first-order valence-corrected chi connectivity index (χ1v) is 10.0.